The van der Waals surface area contributed by atoms with E-state index >= 15 is 0 Å². The topological polar surface area (TPSA) is 36.7 Å². The largest absolute Gasteiger partial charge is 0.256 e. The molecule has 0 atom stereocenters. The third kappa shape index (κ3) is 2.05. The van der Waals surface area contributed by atoms with Gasteiger partial charge in [-0.05, 0) is 42.8 Å². The molecular weight excluding hydrogens is 288 g/mol. The van der Waals surface area contributed by atoms with Gasteiger partial charge in [-0.1, -0.05) is 23.8 Å². The maximum Gasteiger partial charge on any atom is 0.0991 e. The molecule has 4 rings (SSSR count). The molecule has 104 valence electrons. The number of hydrogen-bond donors (Lipinski definition) is 0. The van der Waals surface area contributed by atoms with Gasteiger partial charge in [-0.15, -0.1) is 11.3 Å². The number of nitrogens with zero attached hydrogens (tertiary/aromatic N) is 2. The Hall–Kier alpha value is -2.70. The molecule has 0 saturated carbocycles. The summed E-state index contributed by atoms with van der Waals surface area (Å²) in [4.78, 5) is 5.71. The molecular formula is C19H12N2S. The van der Waals surface area contributed by atoms with Crippen LogP contribution >= 0.6 is 11.3 Å². The van der Waals surface area contributed by atoms with Gasteiger partial charge in [0.2, 0.25) is 0 Å². The first-order valence-corrected chi connectivity index (χ1v) is 7.86. The lowest BCUT2D eigenvalue weighted by molar-refractivity contribution is 1.43. The van der Waals surface area contributed by atoms with E-state index in [0.717, 1.165) is 16.5 Å². The monoisotopic (exact) mass is 300 g/mol. The van der Waals surface area contributed by atoms with E-state index in [9.17, 15) is 0 Å². The lowest BCUT2D eigenvalue weighted by Crippen LogP contribution is -1.79. The number of pyridine rings is 1. The van der Waals surface area contributed by atoms with Crippen molar-refractivity contribution < 1.29 is 0 Å². The number of aryl methyl sites for hydroxylation is 1. The Morgan fingerprint density at radius 2 is 2.00 bits per heavy atom. The second-order valence-electron chi connectivity index (χ2n) is 5.37. The third-order valence-corrected chi connectivity index (χ3v) is 5.01. The molecule has 0 unspecified atom stereocenters. The predicted octanol–water partition coefficient (Wildman–Crippen LogP) is 5.30. The molecule has 0 fully saturated rings. The summed E-state index contributed by atoms with van der Waals surface area (Å²) >= 11 is 1.76. The number of nitriles is 1. The summed E-state index contributed by atoms with van der Waals surface area (Å²) in [5.74, 6) is 0. The van der Waals surface area contributed by atoms with Gasteiger partial charge < -0.3 is 0 Å². The smallest absolute Gasteiger partial charge is 0.0991 e. The van der Waals surface area contributed by atoms with Crippen LogP contribution in [0.4, 0.5) is 0 Å². The first-order chi connectivity index (χ1) is 10.7. The van der Waals surface area contributed by atoms with Gasteiger partial charge in [0.25, 0.3) is 0 Å². The molecule has 2 aromatic heterocycles. The molecule has 0 amide bonds. The summed E-state index contributed by atoms with van der Waals surface area (Å²) < 4.78 is 1.26. The number of hydrogen-bond acceptors (Lipinski definition) is 3. The van der Waals surface area contributed by atoms with Crippen molar-refractivity contribution in [3.63, 3.8) is 0 Å². The zero-order valence-corrected chi connectivity index (χ0v) is 12.8. The molecule has 0 radical (unpaired) electrons. The Kier molecular flexibility index (Phi) is 2.92. The minimum absolute atomic E-state index is 0.689. The van der Waals surface area contributed by atoms with E-state index < -0.39 is 0 Å². The van der Waals surface area contributed by atoms with Crippen LogP contribution in [0.3, 0.4) is 0 Å². The normalized spacial score (nSPS) is 10.9. The van der Waals surface area contributed by atoms with Crippen LogP contribution in [0.5, 0.6) is 0 Å². The van der Waals surface area contributed by atoms with Crippen LogP contribution in [0.2, 0.25) is 0 Å². The van der Waals surface area contributed by atoms with Gasteiger partial charge in [0.15, 0.2) is 0 Å². The van der Waals surface area contributed by atoms with Crippen LogP contribution in [0, 0.1) is 18.3 Å². The Morgan fingerprint density at radius 3 is 2.86 bits per heavy atom. The van der Waals surface area contributed by atoms with Gasteiger partial charge in [0.1, 0.15) is 0 Å². The molecule has 0 aliphatic rings. The van der Waals surface area contributed by atoms with Gasteiger partial charge in [-0.3, -0.25) is 4.98 Å². The Balaban J connectivity index is 1.99. The van der Waals surface area contributed by atoms with Crippen molar-refractivity contribution >= 4 is 32.3 Å². The first kappa shape index (κ1) is 13.0. The van der Waals surface area contributed by atoms with Gasteiger partial charge in [-0.25, -0.2) is 0 Å². The SMILES string of the molecule is Cc1ccc2ncc3cc(-c4cccc(C#N)c4)sc3c2c1. The fraction of sp³-hybridized carbons (Fsp3) is 0.0526. The van der Waals surface area contributed by atoms with Crippen molar-refractivity contribution in [2.45, 2.75) is 6.92 Å². The van der Waals surface area contributed by atoms with E-state index in [1.54, 1.807) is 11.3 Å². The highest BCUT2D eigenvalue weighted by molar-refractivity contribution is 7.23. The second-order valence-corrected chi connectivity index (χ2v) is 6.42. The summed E-state index contributed by atoms with van der Waals surface area (Å²) in [6, 6.07) is 18.5. The average Bonchev–Trinajstić information content (AvgIpc) is 2.99. The summed E-state index contributed by atoms with van der Waals surface area (Å²) in [7, 11) is 0. The van der Waals surface area contributed by atoms with E-state index in [0.29, 0.717) is 5.56 Å². The predicted molar refractivity (Wildman–Crippen MR) is 92.0 cm³/mol. The molecule has 2 aromatic carbocycles. The molecule has 0 saturated heterocycles. The molecule has 0 aliphatic heterocycles. The van der Waals surface area contributed by atoms with Gasteiger partial charge in [0, 0.05) is 26.5 Å². The molecule has 3 heteroatoms. The number of aromatic nitrogens is 1. The Bertz CT molecular complexity index is 1050. The van der Waals surface area contributed by atoms with Crippen LogP contribution in [-0.2, 0) is 0 Å². The molecule has 2 heterocycles. The second kappa shape index (κ2) is 4.94. The number of benzene rings is 2. The lowest BCUT2D eigenvalue weighted by atomic mass is 10.1. The minimum atomic E-state index is 0.689. The molecule has 0 bridgehead atoms. The molecule has 22 heavy (non-hydrogen) atoms. The molecule has 4 aromatic rings. The van der Waals surface area contributed by atoms with E-state index in [1.807, 2.05) is 30.5 Å². The van der Waals surface area contributed by atoms with Crippen molar-refractivity contribution in [2.75, 3.05) is 0 Å². The van der Waals surface area contributed by atoms with Crippen molar-refractivity contribution in [1.82, 2.24) is 4.98 Å². The van der Waals surface area contributed by atoms with Crippen LogP contribution in [0.1, 0.15) is 11.1 Å². The van der Waals surface area contributed by atoms with E-state index in [-0.39, 0.29) is 0 Å². The highest BCUT2D eigenvalue weighted by atomic mass is 32.1. The Labute approximate surface area is 132 Å². The number of thiophene rings is 1. The molecule has 0 N–H and O–H groups in total. The standard InChI is InChI=1S/C19H12N2S/c1-12-5-6-17-16(7-12)19-15(11-21-17)9-18(22-19)14-4-2-3-13(8-14)10-20/h2-9,11H,1H3. The van der Waals surface area contributed by atoms with Crippen molar-refractivity contribution in [3.8, 4) is 16.5 Å². The fourth-order valence-corrected chi connectivity index (χ4v) is 3.83. The number of fused-ring (bicyclic) bond motifs is 3. The minimum Gasteiger partial charge on any atom is -0.256 e. The average molecular weight is 300 g/mol. The highest BCUT2D eigenvalue weighted by Gasteiger charge is 2.09. The summed E-state index contributed by atoms with van der Waals surface area (Å²) in [6.45, 7) is 2.10. The van der Waals surface area contributed by atoms with Crippen molar-refractivity contribution in [3.05, 3.63) is 65.9 Å². The van der Waals surface area contributed by atoms with Crippen LogP contribution in [-0.4, -0.2) is 4.98 Å². The Morgan fingerprint density at radius 1 is 1.09 bits per heavy atom. The van der Waals surface area contributed by atoms with Crippen LogP contribution in [0.15, 0.2) is 54.7 Å². The lowest BCUT2D eigenvalue weighted by Gasteiger charge is -1.99. The summed E-state index contributed by atoms with van der Waals surface area (Å²) in [5.41, 5.74) is 4.04. The summed E-state index contributed by atoms with van der Waals surface area (Å²) in [6.07, 6.45) is 1.93. The fourth-order valence-electron chi connectivity index (χ4n) is 2.68. The van der Waals surface area contributed by atoms with Gasteiger partial charge in [-0.2, -0.15) is 5.26 Å². The van der Waals surface area contributed by atoms with E-state index in [4.69, 9.17) is 5.26 Å². The maximum atomic E-state index is 9.06. The van der Waals surface area contributed by atoms with E-state index in [2.05, 4.69) is 42.2 Å². The quantitative estimate of drug-likeness (QED) is 0.478. The zero-order valence-electron chi connectivity index (χ0n) is 12.0. The van der Waals surface area contributed by atoms with E-state index in [1.165, 1.54) is 20.5 Å². The van der Waals surface area contributed by atoms with Crippen molar-refractivity contribution in [1.29, 1.82) is 5.26 Å². The highest BCUT2D eigenvalue weighted by Crippen LogP contribution is 2.37. The molecule has 0 spiro atoms. The maximum absolute atomic E-state index is 9.06. The molecule has 0 aliphatic carbocycles. The molecule has 2 nitrogen and oxygen atoms in total. The van der Waals surface area contributed by atoms with Gasteiger partial charge >= 0.3 is 0 Å². The summed E-state index contributed by atoms with van der Waals surface area (Å²) in [5, 5.41) is 11.4. The van der Waals surface area contributed by atoms with Crippen LogP contribution < -0.4 is 0 Å². The third-order valence-electron chi connectivity index (χ3n) is 3.78. The number of rotatable bonds is 1. The zero-order chi connectivity index (χ0) is 15.1. The van der Waals surface area contributed by atoms with Crippen LogP contribution in [0.25, 0.3) is 31.4 Å². The van der Waals surface area contributed by atoms with Gasteiger partial charge in [0.05, 0.1) is 17.1 Å². The van der Waals surface area contributed by atoms with Crippen molar-refractivity contribution in [2.24, 2.45) is 0 Å². The first-order valence-electron chi connectivity index (χ1n) is 7.04.